The summed E-state index contributed by atoms with van der Waals surface area (Å²) in [5.41, 5.74) is 1.65. The highest BCUT2D eigenvalue weighted by molar-refractivity contribution is 6.35. The summed E-state index contributed by atoms with van der Waals surface area (Å²) in [5.74, 6) is -0.265. The first-order valence-electron chi connectivity index (χ1n) is 14.0. The maximum absolute atomic E-state index is 13.9. The Morgan fingerprint density at radius 3 is 2.32 bits per heavy atom. The minimum Gasteiger partial charge on any atom is -0.481 e. The Hall–Kier alpha value is -4.53. The van der Waals surface area contributed by atoms with E-state index in [0.29, 0.717) is 38.5 Å². The fraction of sp³-hybridized carbons (Fsp3) is 0.206. The number of carboxylic acids is 1. The van der Waals surface area contributed by atoms with Crippen LogP contribution in [-0.4, -0.2) is 41.0 Å². The molecule has 0 radical (unpaired) electrons. The molecule has 0 spiro atoms. The minimum absolute atomic E-state index is 0.0318. The van der Waals surface area contributed by atoms with Crippen LogP contribution in [0.1, 0.15) is 24.0 Å². The fourth-order valence-electron chi connectivity index (χ4n) is 5.42. The normalized spacial score (nSPS) is 16.5. The number of carboxylic acid groups (broad SMARTS) is 1. The van der Waals surface area contributed by atoms with E-state index in [4.69, 9.17) is 27.9 Å². The van der Waals surface area contributed by atoms with Crippen LogP contribution < -0.4 is 15.0 Å². The van der Waals surface area contributed by atoms with Crippen LogP contribution in [0.15, 0.2) is 97.1 Å². The van der Waals surface area contributed by atoms with Gasteiger partial charge >= 0.3 is 12.0 Å². The summed E-state index contributed by atoms with van der Waals surface area (Å²) in [5, 5.41) is 13.8. The molecular weight excluding hydrogens is 601 g/mol. The number of nitrogens with zero attached hydrogens (tertiary/aromatic N) is 2. The molecule has 3 amide bonds. The zero-order valence-electron chi connectivity index (χ0n) is 24.0. The van der Waals surface area contributed by atoms with E-state index in [9.17, 15) is 19.5 Å². The Balaban J connectivity index is 1.43. The van der Waals surface area contributed by atoms with Gasteiger partial charge in [0.05, 0.1) is 6.42 Å². The predicted octanol–water partition coefficient (Wildman–Crippen LogP) is 8.03. The zero-order chi connectivity index (χ0) is 31.3. The molecular formula is C34H31Cl2N3O5. The minimum atomic E-state index is -1.12. The molecule has 1 aliphatic heterocycles. The maximum Gasteiger partial charge on any atom is 0.324 e. The SMILES string of the molecule is Cc1ccc(N2CC(CC(=O)O)(CC(=O)Nc3cccc(Oc4ccccc4)c3)CN(Cc3ccc(Cl)cc3Cl)C2=O)cc1. The van der Waals surface area contributed by atoms with Gasteiger partial charge in [-0.3, -0.25) is 14.5 Å². The smallest absolute Gasteiger partial charge is 0.324 e. The highest BCUT2D eigenvalue weighted by Gasteiger charge is 2.46. The van der Waals surface area contributed by atoms with Crippen molar-refractivity contribution in [2.75, 3.05) is 23.3 Å². The van der Waals surface area contributed by atoms with Crippen molar-refractivity contribution in [1.82, 2.24) is 4.90 Å². The monoisotopic (exact) mass is 631 g/mol. The number of carbonyl (C=O) groups is 3. The van der Waals surface area contributed by atoms with Crippen molar-refractivity contribution in [3.63, 3.8) is 0 Å². The van der Waals surface area contributed by atoms with E-state index in [0.717, 1.165) is 5.56 Å². The van der Waals surface area contributed by atoms with E-state index in [-0.39, 0.29) is 44.4 Å². The summed E-state index contributed by atoms with van der Waals surface area (Å²) in [7, 11) is 0. The molecule has 4 aromatic rings. The van der Waals surface area contributed by atoms with Crippen LogP contribution in [0.5, 0.6) is 11.5 Å². The van der Waals surface area contributed by atoms with Crippen molar-refractivity contribution in [2.24, 2.45) is 5.41 Å². The number of aliphatic carboxylic acids is 1. The molecule has 1 saturated heterocycles. The molecule has 44 heavy (non-hydrogen) atoms. The van der Waals surface area contributed by atoms with Gasteiger partial charge in [0.15, 0.2) is 0 Å². The molecule has 1 atom stereocenters. The molecule has 2 N–H and O–H groups in total. The van der Waals surface area contributed by atoms with Crippen molar-refractivity contribution in [2.45, 2.75) is 26.3 Å². The summed E-state index contributed by atoms with van der Waals surface area (Å²) in [6.45, 7) is 2.12. The lowest BCUT2D eigenvalue weighted by Crippen LogP contribution is -2.59. The lowest BCUT2D eigenvalue weighted by Gasteiger charge is -2.47. The highest BCUT2D eigenvalue weighted by atomic mass is 35.5. The molecule has 1 heterocycles. The van der Waals surface area contributed by atoms with Gasteiger partial charge in [-0.1, -0.05) is 71.2 Å². The van der Waals surface area contributed by atoms with E-state index in [2.05, 4.69) is 5.32 Å². The van der Waals surface area contributed by atoms with E-state index in [1.807, 2.05) is 61.5 Å². The van der Waals surface area contributed by atoms with Crippen LogP contribution in [0, 0.1) is 12.3 Å². The molecule has 1 aliphatic rings. The van der Waals surface area contributed by atoms with Crippen molar-refractivity contribution in [1.29, 1.82) is 0 Å². The van der Waals surface area contributed by atoms with Gasteiger partial charge in [0, 0.05) is 59.0 Å². The average molecular weight is 633 g/mol. The van der Waals surface area contributed by atoms with Gasteiger partial charge in [-0.05, 0) is 61.0 Å². The summed E-state index contributed by atoms with van der Waals surface area (Å²) in [6, 6.07) is 28.3. The highest BCUT2D eigenvalue weighted by Crippen LogP contribution is 2.38. The number of halogens is 2. The Bertz CT molecular complexity index is 1670. The van der Waals surface area contributed by atoms with E-state index in [1.54, 1.807) is 47.4 Å². The van der Waals surface area contributed by atoms with Gasteiger partial charge < -0.3 is 20.1 Å². The third kappa shape index (κ3) is 7.70. The molecule has 5 rings (SSSR count). The standard InChI is InChI=1S/C34H31Cl2N3O5/c1-23-10-14-27(15-11-23)39-22-34(19-32(41)42,21-38(33(39)43)20-24-12-13-25(35)16-30(24)36)18-31(40)37-26-6-5-9-29(17-26)44-28-7-3-2-4-8-28/h2-17H,18-22H2,1H3,(H,37,40)(H,41,42). The zero-order valence-corrected chi connectivity index (χ0v) is 25.5. The number of benzene rings is 4. The Morgan fingerprint density at radius 1 is 0.886 bits per heavy atom. The number of ether oxygens (including phenoxy) is 1. The van der Waals surface area contributed by atoms with Crippen molar-refractivity contribution < 1.29 is 24.2 Å². The molecule has 0 aliphatic carbocycles. The van der Waals surface area contributed by atoms with Crippen molar-refractivity contribution in [3.8, 4) is 11.5 Å². The quantitative estimate of drug-likeness (QED) is 0.185. The van der Waals surface area contributed by atoms with Crippen LogP contribution in [0.2, 0.25) is 10.0 Å². The number of anilines is 2. The Kier molecular flexibility index (Phi) is 9.42. The molecule has 226 valence electrons. The average Bonchev–Trinajstić information content (AvgIpc) is 2.97. The molecule has 0 bridgehead atoms. The van der Waals surface area contributed by atoms with Gasteiger partial charge in [0.1, 0.15) is 11.5 Å². The lowest BCUT2D eigenvalue weighted by atomic mass is 9.78. The third-order valence-corrected chi connectivity index (χ3v) is 7.99. The summed E-state index contributed by atoms with van der Waals surface area (Å²) < 4.78 is 5.89. The number of urea groups is 1. The van der Waals surface area contributed by atoms with E-state index < -0.39 is 11.4 Å². The topological polar surface area (TPSA) is 99.2 Å². The first kappa shape index (κ1) is 30.9. The van der Waals surface area contributed by atoms with Gasteiger partial charge in [0.25, 0.3) is 0 Å². The first-order valence-corrected chi connectivity index (χ1v) is 14.8. The number of para-hydroxylation sites is 1. The van der Waals surface area contributed by atoms with Crippen LogP contribution in [0.25, 0.3) is 0 Å². The second-order valence-electron chi connectivity index (χ2n) is 11.0. The molecule has 1 fully saturated rings. The van der Waals surface area contributed by atoms with E-state index >= 15 is 0 Å². The number of rotatable bonds is 10. The first-order chi connectivity index (χ1) is 21.1. The molecule has 8 nitrogen and oxygen atoms in total. The number of nitrogens with one attached hydrogen (secondary N) is 1. The molecule has 1 unspecified atom stereocenters. The van der Waals surface area contributed by atoms with Gasteiger partial charge in [0.2, 0.25) is 5.91 Å². The Labute approximate surface area is 265 Å². The second kappa shape index (κ2) is 13.4. The molecule has 4 aromatic carbocycles. The maximum atomic E-state index is 13.9. The molecule has 10 heteroatoms. The number of carbonyl (C=O) groups excluding carboxylic acids is 2. The number of aryl methyl sites for hydroxylation is 1. The van der Waals surface area contributed by atoms with Gasteiger partial charge in [-0.2, -0.15) is 0 Å². The van der Waals surface area contributed by atoms with Gasteiger partial charge in [-0.25, -0.2) is 4.79 Å². The summed E-state index contributed by atoms with van der Waals surface area (Å²) in [4.78, 5) is 42.7. The second-order valence-corrected chi connectivity index (χ2v) is 11.9. The lowest BCUT2D eigenvalue weighted by molar-refractivity contribution is -0.140. The molecule has 0 saturated carbocycles. The van der Waals surface area contributed by atoms with Crippen LogP contribution in [-0.2, 0) is 16.1 Å². The van der Waals surface area contributed by atoms with Crippen LogP contribution in [0.3, 0.4) is 0 Å². The summed E-state index contributed by atoms with van der Waals surface area (Å²) >= 11 is 12.5. The number of amides is 3. The van der Waals surface area contributed by atoms with Gasteiger partial charge in [-0.15, -0.1) is 0 Å². The predicted molar refractivity (Wildman–Crippen MR) is 172 cm³/mol. The number of hydrogen-bond acceptors (Lipinski definition) is 4. The summed E-state index contributed by atoms with van der Waals surface area (Å²) in [6.07, 6.45) is -0.484. The van der Waals surface area contributed by atoms with Crippen LogP contribution >= 0.6 is 23.2 Å². The Morgan fingerprint density at radius 2 is 1.61 bits per heavy atom. The van der Waals surface area contributed by atoms with E-state index in [1.165, 1.54) is 4.90 Å². The van der Waals surface area contributed by atoms with Crippen LogP contribution in [0.4, 0.5) is 16.2 Å². The third-order valence-electron chi connectivity index (χ3n) is 7.40. The van der Waals surface area contributed by atoms with Crippen molar-refractivity contribution in [3.05, 3.63) is 118 Å². The largest absolute Gasteiger partial charge is 0.481 e. The fourth-order valence-corrected chi connectivity index (χ4v) is 5.88. The number of hydrogen-bond donors (Lipinski definition) is 2. The molecule has 0 aromatic heterocycles. The van der Waals surface area contributed by atoms with Crippen molar-refractivity contribution >= 4 is 52.5 Å².